The second-order valence-electron chi connectivity index (χ2n) is 5.68. The van der Waals surface area contributed by atoms with Gasteiger partial charge in [0.2, 0.25) is 0 Å². The Hall–Kier alpha value is -2.38. The predicted octanol–water partition coefficient (Wildman–Crippen LogP) is 3.16. The minimum absolute atomic E-state index is 0.00950. The highest BCUT2D eigenvalue weighted by Crippen LogP contribution is 2.20. The minimum Gasteiger partial charge on any atom is -0.460 e. The van der Waals surface area contributed by atoms with Crippen LogP contribution >= 0.6 is 11.6 Å². The van der Waals surface area contributed by atoms with Crippen molar-refractivity contribution in [1.29, 1.82) is 0 Å². The number of hydrogen-bond donors (Lipinski definition) is 2. The van der Waals surface area contributed by atoms with Crippen LogP contribution in [-0.4, -0.2) is 37.2 Å². The van der Waals surface area contributed by atoms with Gasteiger partial charge in [0.15, 0.2) is 0 Å². The second-order valence-corrected chi connectivity index (χ2v) is 6.09. The van der Waals surface area contributed by atoms with E-state index in [1.165, 1.54) is 25.3 Å². The van der Waals surface area contributed by atoms with Crippen LogP contribution in [0.1, 0.15) is 37.7 Å². The molecule has 0 fully saturated rings. The van der Waals surface area contributed by atoms with Gasteiger partial charge in [-0.3, -0.25) is 4.79 Å². The molecule has 1 heterocycles. The molecule has 0 saturated carbocycles. The minimum atomic E-state index is -0.519. The lowest BCUT2D eigenvalue weighted by atomic mass is 10.1. The van der Waals surface area contributed by atoms with Gasteiger partial charge in [-0.1, -0.05) is 17.7 Å². The number of hydrogen-bond acceptors (Lipinski definition) is 4. The number of ether oxygens (including phenoxy) is 2. The van der Waals surface area contributed by atoms with Gasteiger partial charge in [-0.25, -0.2) is 9.18 Å². The Morgan fingerprint density at radius 2 is 2.00 bits per heavy atom. The van der Waals surface area contributed by atoms with Crippen molar-refractivity contribution in [3.8, 4) is 0 Å². The molecule has 8 heteroatoms. The van der Waals surface area contributed by atoms with Crippen molar-refractivity contribution < 1.29 is 23.5 Å². The Kier molecular flexibility index (Phi) is 6.76. The molecular formula is C18H20ClFN2O4. The van der Waals surface area contributed by atoms with Gasteiger partial charge in [0.25, 0.3) is 5.91 Å². The number of aryl methyl sites for hydroxylation is 1. The van der Waals surface area contributed by atoms with Crippen molar-refractivity contribution in [1.82, 2.24) is 10.3 Å². The van der Waals surface area contributed by atoms with Crippen molar-refractivity contribution in [3.63, 3.8) is 0 Å². The molecule has 1 aromatic heterocycles. The first-order valence-electron chi connectivity index (χ1n) is 7.92. The van der Waals surface area contributed by atoms with E-state index in [1.807, 2.05) is 0 Å². The van der Waals surface area contributed by atoms with E-state index in [-0.39, 0.29) is 29.8 Å². The fourth-order valence-electron chi connectivity index (χ4n) is 2.49. The zero-order chi connectivity index (χ0) is 19.3. The molecule has 0 aliphatic carbocycles. The topological polar surface area (TPSA) is 80.4 Å². The van der Waals surface area contributed by atoms with Crippen molar-refractivity contribution in [2.24, 2.45) is 0 Å². The highest BCUT2D eigenvalue weighted by molar-refractivity contribution is 6.30. The number of aromatic nitrogens is 1. The summed E-state index contributed by atoms with van der Waals surface area (Å²) in [7, 11) is 1.51. The number of rotatable bonds is 7. The number of carbonyl (C=O) groups is 2. The third-order valence-electron chi connectivity index (χ3n) is 3.83. The number of amides is 1. The van der Waals surface area contributed by atoms with Crippen LogP contribution in [-0.2, 0) is 16.0 Å². The van der Waals surface area contributed by atoms with Crippen LogP contribution in [0, 0.1) is 19.7 Å². The van der Waals surface area contributed by atoms with E-state index in [0.717, 1.165) is 0 Å². The lowest BCUT2D eigenvalue weighted by molar-refractivity contribution is 0.0387. The SMILES string of the molecule is COCCOC(=O)c1c(C)[nH]c(C(=O)NCc2ccc(F)c(Cl)c2)c1C. The van der Waals surface area contributed by atoms with Gasteiger partial charge in [0.1, 0.15) is 18.1 Å². The normalized spacial score (nSPS) is 10.7. The molecule has 2 N–H and O–H groups in total. The summed E-state index contributed by atoms with van der Waals surface area (Å²) >= 11 is 5.73. The maximum absolute atomic E-state index is 13.2. The summed E-state index contributed by atoms with van der Waals surface area (Å²) < 4.78 is 23.1. The number of esters is 1. The van der Waals surface area contributed by atoms with Crippen molar-refractivity contribution in [2.45, 2.75) is 20.4 Å². The molecular weight excluding hydrogens is 363 g/mol. The Bertz CT molecular complexity index is 820. The average Bonchev–Trinajstić information content (AvgIpc) is 2.90. The summed E-state index contributed by atoms with van der Waals surface area (Å²) in [5.41, 5.74) is 2.30. The molecule has 0 bridgehead atoms. The van der Waals surface area contributed by atoms with E-state index in [2.05, 4.69) is 10.3 Å². The van der Waals surface area contributed by atoms with Crippen molar-refractivity contribution in [3.05, 3.63) is 57.1 Å². The summed E-state index contributed by atoms with van der Waals surface area (Å²) in [6, 6.07) is 4.22. The monoisotopic (exact) mass is 382 g/mol. The van der Waals surface area contributed by atoms with Crippen LogP contribution in [0.25, 0.3) is 0 Å². The summed E-state index contributed by atoms with van der Waals surface area (Å²) in [4.78, 5) is 27.5. The van der Waals surface area contributed by atoms with Crippen molar-refractivity contribution in [2.75, 3.05) is 20.3 Å². The summed E-state index contributed by atoms with van der Waals surface area (Å²) in [6.45, 7) is 3.95. The van der Waals surface area contributed by atoms with Crippen LogP contribution < -0.4 is 5.32 Å². The maximum atomic E-state index is 13.2. The molecule has 6 nitrogen and oxygen atoms in total. The number of benzene rings is 1. The van der Waals surface area contributed by atoms with E-state index in [4.69, 9.17) is 21.1 Å². The van der Waals surface area contributed by atoms with E-state index in [9.17, 15) is 14.0 Å². The van der Waals surface area contributed by atoms with Crippen LogP contribution in [0.2, 0.25) is 5.02 Å². The summed E-state index contributed by atoms with van der Waals surface area (Å²) in [6.07, 6.45) is 0. The highest BCUT2D eigenvalue weighted by atomic mass is 35.5. The molecule has 0 aliphatic heterocycles. The number of carbonyl (C=O) groups excluding carboxylic acids is 2. The Morgan fingerprint density at radius 1 is 1.27 bits per heavy atom. The molecule has 2 aromatic rings. The summed E-state index contributed by atoms with van der Waals surface area (Å²) in [5, 5.41) is 2.70. The molecule has 1 aromatic carbocycles. The average molecular weight is 383 g/mol. The first-order chi connectivity index (χ1) is 12.3. The zero-order valence-electron chi connectivity index (χ0n) is 14.7. The standard InChI is InChI=1S/C18H20ClFN2O4/c1-10-15(18(24)26-7-6-25-3)11(2)22-16(10)17(23)21-9-12-4-5-14(20)13(19)8-12/h4-5,8,22H,6-7,9H2,1-3H3,(H,21,23). The van der Waals surface area contributed by atoms with E-state index >= 15 is 0 Å². The fourth-order valence-corrected chi connectivity index (χ4v) is 2.70. The van der Waals surface area contributed by atoms with Gasteiger partial charge < -0.3 is 19.8 Å². The Labute approximate surface area is 155 Å². The first-order valence-corrected chi connectivity index (χ1v) is 8.30. The number of nitrogens with one attached hydrogen (secondary N) is 2. The van der Waals surface area contributed by atoms with E-state index in [1.54, 1.807) is 13.8 Å². The number of aromatic amines is 1. The van der Waals surface area contributed by atoms with Gasteiger partial charge in [-0.05, 0) is 37.1 Å². The van der Waals surface area contributed by atoms with E-state index in [0.29, 0.717) is 29.0 Å². The highest BCUT2D eigenvalue weighted by Gasteiger charge is 2.22. The van der Waals surface area contributed by atoms with E-state index < -0.39 is 11.8 Å². The smallest absolute Gasteiger partial charge is 0.340 e. The van der Waals surface area contributed by atoms with Gasteiger partial charge in [0.05, 0.1) is 17.2 Å². The molecule has 1 amide bonds. The van der Waals surface area contributed by atoms with Gasteiger partial charge in [-0.15, -0.1) is 0 Å². The van der Waals surface area contributed by atoms with Gasteiger partial charge in [-0.2, -0.15) is 0 Å². The molecule has 0 unspecified atom stereocenters. The molecule has 26 heavy (non-hydrogen) atoms. The molecule has 140 valence electrons. The zero-order valence-corrected chi connectivity index (χ0v) is 15.5. The van der Waals surface area contributed by atoms with Crippen LogP contribution in [0.4, 0.5) is 4.39 Å². The summed E-state index contributed by atoms with van der Waals surface area (Å²) in [5.74, 6) is -1.42. The fraction of sp³-hybridized carbons (Fsp3) is 0.333. The molecule has 2 rings (SSSR count). The lowest BCUT2D eigenvalue weighted by Gasteiger charge is -2.07. The maximum Gasteiger partial charge on any atom is 0.340 e. The largest absolute Gasteiger partial charge is 0.460 e. The molecule has 0 aliphatic rings. The van der Waals surface area contributed by atoms with Crippen LogP contribution in [0.5, 0.6) is 0 Å². The van der Waals surface area contributed by atoms with Crippen LogP contribution in [0.3, 0.4) is 0 Å². The lowest BCUT2D eigenvalue weighted by Crippen LogP contribution is -2.24. The second kappa shape index (κ2) is 8.82. The molecule has 0 saturated heterocycles. The quantitative estimate of drug-likeness (QED) is 0.569. The molecule has 0 atom stereocenters. The van der Waals surface area contributed by atoms with Crippen molar-refractivity contribution >= 4 is 23.5 Å². The molecule has 0 spiro atoms. The van der Waals surface area contributed by atoms with Gasteiger partial charge in [0, 0.05) is 19.3 Å². The molecule has 0 radical (unpaired) electrons. The first kappa shape index (κ1) is 19.9. The third-order valence-corrected chi connectivity index (χ3v) is 4.12. The number of halogens is 2. The predicted molar refractivity (Wildman–Crippen MR) is 95.0 cm³/mol. The van der Waals surface area contributed by atoms with Crippen LogP contribution in [0.15, 0.2) is 18.2 Å². The van der Waals surface area contributed by atoms with Gasteiger partial charge >= 0.3 is 5.97 Å². The number of H-pyrrole nitrogens is 1. The Morgan fingerprint density at radius 3 is 2.65 bits per heavy atom. The Balaban J connectivity index is 2.08. The third kappa shape index (κ3) is 4.62. The number of methoxy groups -OCH3 is 1.